The average molecular weight is 425 g/mol. The van der Waals surface area contributed by atoms with Gasteiger partial charge in [0.1, 0.15) is 0 Å². The molecule has 0 saturated carbocycles. The molecule has 0 aromatic heterocycles. The summed E-state index contributed by atoms with van der Waals surface area (Å²) in [5, 5.41) is 0.279. The van der Waals surface area contributed by atoms with Crippen molar-refractivity contribution in [2.75, 3.05) is 6.16 Å². The number of benzene rings is 3. The van der Waals surface area contributed by atoms with Crippen LogP contribution in [0, 0.1) is 0 Å². The monoisotopic (exact) mass is 424 g/mol. The summed E-state index contributed by atoms with van der Waals surface area (Å²) in [5.41, 5.74) is 3.95. The Morgan fingerprint density at radius 2 is 1.40 bits per heavy atom. The Bertz CT molecular complexity index is 946. The molecule has 3 rings (SSSR count). The first-order chi connectivity index (χ1) is 14.3. The SMILES string of the molecule is CCCCP(O)(O)(O)c1cccc(CC(CC)c2ccccc2)c1-c1ccccc1. The van der Waals surface area contributed by atoms with E-state index in [1.165, 1.54) is 5.56 Å². The van der Waals surface area contributed by atoms with Gasteiger partial charge in [0, 0.05) is 0 Å². The first-order valence-corrected chi connectivity index (χ1v) is 13.1. The van der Waals surface area contributed by atoms with Crippen molar-refractivity contribution in [2.24, 2.45) is 0 Å². The Hall–Kier alpha value is -2.03. The van der Waals surface area contributed by atoms with Gasteiger partial charge in [0.05, 0.1) is 0 Å². The number of hydrogen-bond acceptors (Lipinski definition) is 3. The molecule has 0 radical (unpaired) electrons. The van der Waals surface area contributed by atoms with Gasteiger partial charge in [0.2, 0.25) is 0 Å². The molecule has 160 valence electrons. The van der Waals surface area contributed by atoms with Crippen molar-refractivity contribution in [1.82, 2.24) is 0 Å². The topological polar surface area (TPSA) is 60.7 Å². The van der Waals surface area contributed by atoms with E-state index < -0.39 is 7.28 Å². The number of unbranched alkanes of at least 4 members (excludes halogenated alkanes) is 1. The van der Waals surface area contributed by atoms with Crippen molar-refractivity contribution in [3.8, 4) is 11.1 Å². The zero-order valence-electron chi connectivity index (χ0n) is 17.9. The zero-order chi connectivity index (χ0) is 21.6. The minimum atomic E-state index is -4.99. The standard InChI is InChI=1S/C26H33O3P/c1-3-5-19-30(27,28,29)25-18-12-17-24(26(25)23-15-10-7-11-16-23)20-21(4-2)22-13-8-6-9-14-22/h6-18,21,27-29H,3-5,19-20H2,1-2H3. The van der Waals surface area contributed by atoms with Gasteiger partial charge >= 0.3 is 180 Å². The molecule has 3 aromatic carbocycles. The molecule has 0 spiro atoms. The van der Waals surface area contributed by atoms with Gasteiger partial charge in [-0.3, -0.25) is 0 Å². The molecule has 0 aliphatic heterocycles. The molecule has 0 heterocycles. The van der Waals surface area contributed by atoms with Gasteiger partial charge in [-0.25, -0.2) is 0 Å². The minimum absolute atomic E-state index is 0.0126. The maximum atomic E-state index is 11.1. The number of hydrogen-bond donors (Lipinski definition) is 3. The summed E-state index contributed by atoms with van der Waals surface area (Å²) < 4.78 is 0. The Kier molecular flexibility index (Phi) is 7.10. The third kappa shape index (κ3) is 5.17. The second-order valence-corrected chi connectivity index (χ2v) is 11.4. The summed E-state index contributed by atoms with van der Waals surface area (Å²) in [7, 11) is -4.99. The molecule has 0 fully saturated rings. The van der Waals surface area contributed by atoms with E-state index in [4.69, 9.17) is 0 Å². The van der Waals surface area contributed by atoms with Gasteiger partial charge < -0.3 is 0 Å². The van der Waals surface area contributed by atoms with Crippen LogP contribution in [0.2, 0.25) is 0 Å². The van der Waals surface area contributed by atoms with Crippen LogP contribution < -0.4 is 5.30 Å². The molecule has 4 heteroatoms. The van der Waals surface area contributed by atoms with Gasteiger partial charge in [-0.2, -0.15) is 0 Å². The van der Waals surface area contributed by atoms with Crippen molar-refractivity contribution < 1.29 is 14.7 Å². The predicted octanol–water partition coefficient (Wildman–Crippen LogP) is 5.79. The molecular weight excluding hydrogens is 391 g/mol. The molecule has 30 heavy (non-hydrogen) atoms. The quantitative estimate of drug-likeness (QED) is 0.381. The Morgan fingerprint density at radius 1 is 0.767 bits per heavy atom. The first-order valence-electron chi connectivity index (χ1n) is 10.8. The van der Waals surface area contributed by atoms with Crippen molar-refractivity contribution in [3.63, 3.8) is 0 Å². The van der Waals surface area contributed by atoms with E-state index in [2.05, 4.69) is 31.2 Å². The van der Waals surface area contributed by atoms with E-state index in [1.54, 1.807) is 6.07 Å². The van der Waals surface area contributed by atoms with Gasteiger partial charge in [0.25, 0.3) is 0 Å². The van der Waals surface area contributed by atoms with E-state index in [9.17, 15) is 14.7 Å². The molecule has 1 unspecified atom stereocenters. The molecule has 0 amide bonds. The number of rotatable bonds is 9. The van der Waals surface area contributed by atoms with Crippen LogP contribution in [0.5, 0.6) is 0 Å². The third-order valence-electron chi connectivity index (χ3n) is 5.84. The van der Waals surface area contributed by atoms with E-state index >= 15 is 0 Å². The molecule has 3 N–H and O–H groups in total. The molecule has 0 aliphatic rings. The van der Waals surface area contributed by atoms with Crippen LogP contribution in [0.1, 0.15) is 50.2 Å². The molecule has 3 aromatic rings. The average Bonchev–Trinajstić information content (AvgIpc) is 2.77. The normalized spacial score (nSPS) is 14.1. The van der Waals surface area contributed by atoms with Gasteiger partial charge in [-0.1, -0.05) is 0 Å². The van der Waals surface area contributed by atoms with E-state index in [0.29, 0.717) is 12.3 Å². The Labute approximate surface area is 180 Å². The Morgan fingerprint density at radius 3 is 2.00 bits per heavy atom. The van der Waals surface area contributed by atoms with Crippen molar-refractivity contribution in [3.05, 3.63) is 90.0 Å². The van der Waals surface area contributed by atoms with Crippen molar-refractivity contribution in [2.45, 2.75) is 45.4 Å². The van der Waals surface area contributed by atoms with Crippen LogP contribution >= 0.6 is 7.28 Å². The fourth-order valence-electron chi connectivity index (χ4n) is 4.13. The van der Waals surface area contributed by atoms with Gasteiger partial charge in [-0.05, 0) is 0 Å². The summed E-state index contributed by atoms with van der Waals surface area (Å²) in [6, 6.07) is 25.8. The summed E-state index contributed by atoms with van der Waals surface area (Å²) in [5.74, 6) is 0.307. The van der Waals surface area contributed by atoms with Crippen molar-refractivity contribution >= 4 is 12.6 Å². The molecular formula is C26H33O3P. The molecule has 1 atom stereocenters. The fourth-order valence-corrected chi connectivity index (χ4v) is 6.40. The summed E-state index contributed by atoms with van der Waals surface area (Å²) >= 11 is 0. The van der Waals surface area contributed by atoms with Crippen LogP contribution in [0.15, 0.2) is 78.9 Å². The summed E-state index contributed by atoms with van der Waals surface area (Å²) in [6.45, 7) is 4.15. The summed E-state index contributed by atoms with van der Waals surface area (Å²) in [4.78, 5) is 33.3. The summed E-state index contributed by atoms with van der Waals surface area (Å²) in [6.07, 6.45) is 3.06. The molecule has 0 aliphatic carbocycles. The van der Waals surface area contributed by atoms with Crippen molar-refractivity contribution in [1.29, 1.82) is 0 Å². The van der Waals surface area contributed by atoms with Crippen LogP contribution in [0.4, 0.5) is 0 Å². The fraction of sp³-hybridized carbons (Fsp3) is 0.308. The molecule has 3 nitrogen and oxygen atoms in total. The van der Waals surface area contributed by atoms with Crippen LogP contribution in [-0.2, 0) is 6.42 Å². The van der Waals surface area contributed by atoms with Crippen LogP contribution in [0.25, 0.3) is 11.1 Å². The Balaban J connectivity index is 2.14. The van der Waals surface area contributed by atoms with Gasteiger partial charge in [0.15, 0.2) is 0 Å². The van der Waals surface area contributed by atoms with E-state index in [1.807, 2.05) is 55.5 Å². The third-order valence-corrected chi connectivity index (χ3v) is 8.34. The second kappa shape index (κ2) is 9.41. The predicted molar refractivity (Wildman–Crippen MR) is 128 cm³/mol. The first kappa shape index (κ1) is 22.7. The zero-order valence-corrected chi connectivity index (χ0v) is 18.8. The molecule has 0 bridgehead atoms. The van der Waals surface area contributed by atoms with Crippen LogP contribution in [0.3, 0.4) is 0 Å². The maximum absolute atomic E-state index is 11.1. The van der Waals surface area contributed by atoms with E-state index in [-0.39, 0.29) is 11.5 Å². The van der Waals surface area contributed by atoms with Gasteiger partial charge in [-0.15, -0.1) is 0 Å². The van der Waals surface area contributed by atoms with E-state index in [0.717, 1.165) is 36.0 Å². The molecule has 0 saturated heterocycles. The van der Waals surface area contributed by atoms with Crippen LogP contribution in [-0.4, -0.2) is 20.8 Å². The second-order valence-electron chi connectivity index (χ2n) is 8.13.